The summed E-state index contributed by atoms with van der Waals surface area (Å²) in [6.45, 7) is 5.39. The molecule has 1 saturated carbocycles. The first-order valence-corrected chi connectivity index (χ1v) is 7.07. The summed E-state index contributed by atoms with van der Waals surface area (Å²) in [5.74, 6) is -0.132. The van der Waals surface area contributed by atoms with Crippen molar-refractivity contribution in [3.63, 3.8) is 0 Å². The Hall–Kier alpha value is -0.600. The second-order valence-corrected chi connectivity index (χ2v) is 6.16. The molecule has 0 saturated heterocycles. The van der Waals surface area contributed by atoms with Gasteiger partial charge in [0.15, 0.2) is 0 Å². The zero-order valence-corrected chi connectivity index (χ0v) is 11.9. The van der Waals surface area contributed by atoms with Crippen molar-refractivity contribution < 1.29 is 4.39 Å². The molecule has 18 heavy (non-hydrogen) atoms. The van der Waals surface area contributed by atoms with Crippen molar-refractivity contribution >= 4 is 11.6 Å². The van der Waals surface area contributed by atoms with Gasteiger partial charge in [0, 0.05) is 11.1 Å². The highest BCUT2D eigenvalue weighted by atomic mass is 35.5. The van der Waals surface area contributed by atoms with Gasteiger partial charge < -0.3 is 5.32 Å². The molecule has 1 aliphatic rings. The third kappa shape index (κ3) is 3.24. The number of halogens is 2. The Bertz CT molecular complexity index is 421. The predicted octanol–water partition coefficient (Wildman–Crippen LogP) is 4.19. The van der Waals surface area contributed by atoms with Crippen molar-refractivity contribution in [1.82, 2.24) is 5.32 Å². The molecule has 0 aliphatic heterocycles. The van der Waals surface area contributed by atoms with Gasteiger partial charge >= 0.3 is 0 Å². The van der Waals surface area contributed by atoms with E-state index in [1.54, 1.807) is 12.1 Å². The van der Waals surface area contributed by atoms with Crippen LogP contribution in [-0.4, -0.2) is 12.6 Å². The largest absolute Gasteiger partial charge is 0.314 e. The molecule has 2 atom stereocenters. The second-order valence-electron chi connectivity index (χ2n) is 5.72. The summed E-state index contributed by atoms with van der Waals surface area (Å²) in [7, 11) is 0. The molecule has 0 spiro atoms. The summed E-state index contributed by atoms with van der Waals surface area (Å²) in [5, 5.41) is 4.11. The van der Waals surface area contributed by atoms with E-state index in [2.05, 4.69) is 19.2 Å². The Labute approximate surface area is 114 Å². The maximum absolute atomic E-state index is 13.8. The number of rotatable bonds is 4. The predicted molar refractivity (Wildman–Crippen MR) is 74.5 cm³/mol. The molecule has 1 fully saturated rings. The third-order valence-electron chi connectivity index (χ3n) is 3.95. The Balaban J connectivity index is 2.07. The lowest BCUT2D eigenvalue weighted by Gasteiger charge is -2.25. The first-order valence-electron chi connectivity index (χ1n) is 6.70. The van der Waals surface area contributed by atoms with E-state index in [1.807, 2.05) is 0 Å². The van der Waals surface area contributed by atoms with Crippen LogP contribution in [0.5, 0.6) is 0 Å². The molecular weight excluding hydrogens is 249 g/mol. The van der Waals surface area contributed by atoms with Crippen molar-refractivity contribution in [2.75, 3.05) is 6.54 Å². The number of hydrogen-bond donors (Lipinski definition) is 1. The molecule has 100 valence electrons. The monoisotopic (exact) mass is 269 g/mol. The van der Waals surface area contributed by atoms with Crippen LogP contribution in [0.3, 0.4) is 0 Å². The first kappa shape index (κ1) is 13.8. The lowest BCUT2D eigenvalue weighted by Crippen LogP contribution is -2.28. The first-order chi connectivity index (χ1) is 8.52. The van der Waals surface area contributed by atoms with Gasteiger partial charge in [0.25, 0.3) is 0 Å². The Morgan fingerprint density at radius 1 is 1.50 bits per heavy atom. The maximum atomic E-state index is 13.8. The van der Waals surface area contributed by atoms with Crippen LogP contribution in [0.2, 0.25) is 5.02 Å². The van der Waals surface area contributed by atoms with Gasteiger partial charge in [-0.2, -0.15) is 0 Å². The highest BCUT2D eigenvalue weighted by Crippen LogP contribution is 2.41. The summed E-state index contributed by atoms with van der Waals surface area (Å²) < 4.78 is 13.8. The Kier molecular flexibility index (Phi) is 4.29. The highest BCUT2D eigenvalue weighted by molar-refractivity contribution is 6.30. The van der Waals surface area contributed by atoms with E-state index in [1.165, 1.54) is 12.5 Å². The summed E-state index contributed by atoms with van der Waals surface area (Å²) in [6, 6.07) is 5.43. The molecule has 3 heteroatoms. The van der Waals surface area contributed by atoms with Crippen LogP contribution < -0.4 is 5.32 Å². The normalized spacial score (nSPS) is 27.7. The molecule has 0 heterocycles. The summed E-state index contributed by atoms with van der Waals surface area (Å²) in [5.41, 5.74) is 0.945. The van der Waals surface area contributed by atoms with Crippen molar-refractivity contribution in [3.8, 4) is 0 Å². The van der Waals surface area contributed by atoms with E-state index in [9.17, 15) is 4.39 Å². The van der Waals surface area contributed by atoms with Crippen molar-refractivity contribution in [2.45, 2.75) is 45.6 Å². The van der Waals surface area contributed by atoms with E-state index in [0.29, 0.717) is 11.1 Å². The fourth-order valence-electron chi connectivity index (χ4n) is 3.08. The van der Waals surface area contributed by atoms with Gasteiger partial charge in [0.2, 0.25) is 0 Å². The van der Waals surface area contributed by atoms with E-state index in [4.69, 9.17) is 11.6 Å². The summed E-state index contributed by atoms with van der Waals surface area (Å²) in [4.78, 5) is 0. The van der Waals surface area contributed by atoms with Crippen molar-refractivity contribution in [3.05, 3.63) is 34.6 Å². The lowest BCUT2D eigenvalue weighted by atomic mass is 9.82. The molecule has 1 aromatic carbocycles. The Morgan fingerprint density at radius 3 is 3.00 bits per heavy atom. The Morgan fingerprint density at radius 2 is 2.28 bits per heavy atom. The molecule has 0 bridgehead atoms. The van der Waals surface area contributed by atoms with Crippen molar-refractivity contribution in [2.24, 2.45) is 5.41 Å². The highest BCUT2D eigenvalue weighted by Gasteiger charge is 2.35. The molecule has 1 aliphatic carbocycles. The summed E-state index contributed by atoms with van der Waals surface area (Å²) >= 11 is 5.95. The number of benzene rings is 1. The van der Waals surface area contributed by atoms with Crippen LogP contribution in [0.4, 0.5) is 4.39 Å². The van der Waals surface area contributed by atoms with Crippen LogP contribution in [-0.2, 0) is 6.42 Å². The minimum absolute atomic E-state index is 0.132. The smallest absolute Gasteiger partial charge is 0.126 e. The van der Waals surface area contributed by atoms with Crippen LogP contribution >= 0.6 is 11.6 Å². The third-order valence-corrected chi connectivity index (χ3v) is 4.19. The van der Waals surface area contributed by atoms with Gasteiger partial charge in [0.1, 0.15) is 5.82 Å². The SMILES string of the molecule is CCNC1CCC(C)(Cc2cc(Cl)ccc2F)C1. The molecule has 2 rings (SSSR count). The zero-order chi connectivity index (χ0) is 13.2. The van der Waals surface area contributed by atoms with Gasteiger partial charge in [-0.1, -0.05) is 25.4 Å². The van der Waals surface area contributed by atoms with Crippen molar-refractivity contribution in [1.29, 1.82) is 0 Å². The quantitative estimate of drug-likeness (QED) is 0.864. The molecule has 1 N–H and O–H groups in total. The van der Waals surface area contributed by atoms with Gasteiger partial charge in [-0.25, -0.2) is 4.39 Å². The second kappa shape index (κ2) is 5.58. The molecule has 0 radical (unpaired) electrons. The van der Waals surface area contributed by atoms with Gasteiger partial charge in [-0.05, 0) is 61.4 Å². The maximum Gasteiger partial charge on any atom is 0.126 e. The summed E-state index contributed by atoms with van der Waals surface area (Å²) in [6.07, 6.45) is 4.23. The van der Waals surface area contributed by atoms with Gasteiger partial charge in [-0.15, -0.1) is 0 Å². The van der Waals surface area contributed by atoms with E-state index >= 15 is 0 Å². The number of hydrogen-bond acceptors (Lipinski definition) is 1. The van der Waals surface area contributed by atoms with E-state index in [0.717, 1.165) is 31.4 Å². The fourth-order valence-corrected chi connectivity index (χ4v) is 3.28. The standard InChI is InChI=1S/C15H21ClFN/c1-3-18-13-6-7-15(2,10-13)9-11-8-12(16)4-5-14(11)17/h4-5,8,13,18H,3,6-7,9-10H2,1-2H3. The minimum atomic E-state index is -0.132. The van der Waals surface area contributed by atoms with Gasteiger partial charge in [0.05, 0.1) is 0 Å². The van der Waals surface area contributed by atoms with Crippen LogP contribution in [0.15, 0.2) is 18.2 Å². The van der Waals surface area contributed by atoms with Crippen LogP contribution in [0, 0.1) is 11.2 Å². The zero-order valence-electron chi connectivity index (χ0n) is 11.1. The molecule has 1 nitrogen and oxygen atoms in total. The minimum Gasteiger partial charge on any atom is -0.314 e. The molecule has 2 unspecified atom stereocenters. The van der Waals surface area contributed by atoms with E-state index < -0.39 is 0 Å². The average Bonchev–Trinajstić information content (AvgIpc) is 2.66. The number of nitrogens with one attached hydrogen (secondary N) is 1. The van der Waals surface area contributed by atoms with Crippen LogP contribution in [0.1, 0.15) is 38.7 Å². The van der Waals surface area contributed by atoms with Gasteiger partial charge in [-0.3, -0.25) is 0 Å². The molecule has 0 amide bonds. The average molecular weight is 270 g/mol. The topological polar surface area (TPSA) is 12.0 Å². The fraction of sp³-hybridized carbons (Fsp3) is 0.600. The van der Waals surface area contributed by atoms with E-state index in [-0.39, 0.29) is 11.2 Å². The molecule has 1 aromatic rings. The molecular formula is C15H21ClFN. The lowest BCUT2D eigenvalue weighted by molar-refractivity contribution is 0.318. The van der Waals surface area contributed by atoms with Crippen LogP contribution in [0.25, 0.3) is 0 Å². The molecule has 0 aromatic heterocycles.